The molecule has 0 bridgehead atoms. The third-order valence-corrected chi connectivity index (χ3v) is 6.78. The van der Waals surface area contributed by atoms with Crippen molar-refractivity contribution in [2.75, 3.05) is 13.2 Å². The van der Waals surface area contributed by atoms with Crippen LogP contribution >= 0.6 is 0 Å². The Hall–Kier alpha value is -3.60. The van der Waals surface area contributed by atoms with Gasteiger partial charge < -0.3 is 14.6 Å². The molecular formula is C32H39N3O2. The predicted molar refractivity (Wildman–Crippen MR) is 151 cm³/mol. The molecule has 0 atom stereocenters. The number of benzene rings is 3. The zero-order valence-electron chi connectivity index (χ0n) is 22.6. The highest BCUT2D eigenvalue weighted by molar-refractivity contribution is 5.79. The molecule has 1 amide bonds. The van der Waals surface area contributed by atoms with Crippen molar-refractivity contribution in [1.29, 1.82) is 0 Å². The summed E-state index contributed by atoms with van der Waals surface area (Å²) in [7, 11) is 0. The topological polar surface area (TPSA) is 56.2 Å². The van der Waals surface area contributed by atoms with Crippen LogP contribution in [0.4, 0.5) is 0 Å². The van der Waals surface area contributed by atoms with Crippen LogP contribution in [-0.4, -0.2) is 28.6 Å². The maximum absolute atomic E-state index is 12.5. The van der Waals surface area contributed by atoms with Crippen molar-refractivity contribution in [2.45, 2.75) is 65.3 Å². The summed E-state index contributed by atoms with van der Waals surface area (Å²) in [6.07, 6.45) is 3.06. The minimum atomic E-state index is 0.0460. The molecule has 4 aromatic rings. The first-order valence-corrected chi connectivity index (χ1v) is 13.3. The molecule has 3 aromatic carbocycles. The Balaban J connectivity index is 1.28. The Morgan fingerprint density at radius 1 is 0.946 bits per heavy atom. The van der Waals surface area contributed by atoms with Gasteiger partial charge in [0.1, 0.15) is 11.6 Å². The summed E-state index contributed by atoms with van der Waals surface area (Å²) in [5, 5.41) is 3.07. The molecule has 1 heterocycles. The summed E-state index contributed by atoms with van der Waals surface area (Å²) in [6.45, 7) is 10.8. The standard InChI is InChI=1S/C32H39N3O2/c1-24-11-5-6-12-25(24)23-31(36)33-20-19-30-34-28-13-7-8-14-29(28)35(30)21-9-10-22-37-27-17-15-26(16-18-27)32(2,3)4/h5-8,11-18H,9-10,19-23H2,1-4H3,(H,33,36). The van der Waals surface area contributed by atoms with E-state index in [0.717, 1.165) is 53.1 Å². The smallest absolute Gasteiger partial charge is 0.224 e. The van der Waals surface area contributed by atoms with E-state index in [2.05, 4.69) is 73.1 Å². The van der Waals surface area contributed by atoms with Gasteiger partial charge in [0.05, 0.1) is 24.1 Å². The Morgan fingerprint density at radius 2 is 1.68 bits per heavy atom. The van der Waals surface area contributed by atoms with Crippen molar-refractivity contribution >= 4 is 16.9 Å². The normalized spacial score (nSPS) is 11.6. The van der Waals surface area contributed by atoms with Crippen LogP contribution < -0.4 is 10.1 Å². The minimum Gasteiger partial charge on any atom is -0.494 e. The maximum atomic E-state index is 12.5. The van der Waals surface area contributed by atoms with Crippen LogP contribution in [0.5, 0.6) is 5.75 Å². The lowest BCUT2D eigenvalue weighted by Gasteiger charge is -2.19. The van der Waals surface area contributed by atoms with Gasteiger partial charge in [0.15, 0.2) is 0 Å². The molecule has 0 radical (unpaired) electrons. The summed E-state index contributed by atoms with van der Waals surface area (Å²) in [5.74, 6) is 1.98. The number of aryl methyl sites for hydroxylation is 2. The van der Waals surface area contributed by atoms with Crippen molar-refractivity contribution < 1.29 is 9.53 Å². The predicted octanol–water partition coefficient (Wildman–Crippen LogP) is 6.40. The monoisotopic (exact) mass is 497 g/mol. The van der Waals surface area contributed by atoms with E-state index in [0.29, 0.717) is 26.0 Å². The second-order valence-electron chi connectivity index (χ2n) is 10.7. The molecule has 0 spiro atoms. The molecule has 0 aliphatic carbocycles. The quantitative estimate of drug-likeness (QED) is 0.244. The van der Waals surface area contributed by atoms with E-state index in [4.69, 9.17) is 9.72 Å². The lowest BCUT2D eigenvalue weighted by molar-refractivity contribution is -0.120. The lowest BCUT2D eigenvalue weighted by Crippen LogP contribution is -2.28. The molecule has 0 unspecified atom stereocenters. The van der Waals surface area contributed by atoms with Crippen molar-refractivity contribution in [3.8, 4) is 5.75 Å². The third-order valence-electron chi connectivity index (χ3n) is 6.78. The third kappa shape index (κ3) is 7.22. The number of rotatable bonds is 11. The highest BCUT2D eigenvalue weighted by atomic mass is 16.5. The second kappa shape index (κ2) is 12.1. The first kappa shape index (κ1) is 26.5. The number of hydrogen-bond donors (Lipinski definition) is 1. The largest absolute Gasteiger partial charge is 0.494 e. The minimum absolute atomic E-state index is 0.0460. The van der Waals surface area contributed by atoms with Gasteiger partial charge >= 0.3 is 0 Å². The van der Waals surface area contributed by atoms with E-state index < -0.39 is 0 Å². The van der Waals surface area contributed by atoms with Gasteiger partial charge in [0, 0.05) is 19.5 Å². The zero-order valence-corrected chi connectivity index (χ0v) is 22.6. The molecule has 0 saturated carbocycles. The SMILES string of the molecule is Cc1ccccc1CC(=O)NCCc1nc2ccccc2n1CCCCOc1ccc(C(C)(C)C)cc1. The number of ether oxygens (including phenoxy) is 1. The fourth-order valence-corrected chi connectivity index (χ4v) is 4.54. The average Bonchev–Trinajstić information content (AvgIpc) is 3.22. The highest BCUT2D eigenvalue weighted by Crippen LogP contribution is 2.24. The highest BCUT2D eigenvalue weighted by Gasteiger charge is 2.13. The maximum Gasteiger partial charge on any atom is 0.224 e. The zero-order chi connectivity index (χ0) is 26.3. The molecule has 5 heteroatoms. The van der Waals surface area contributed by atoms with Gasteiger partial charge in [-0.05, 0) is 66.1 Å². The second-order valence-corrected chi connectivity index (χ2v) is 10.7. The number of amides is 1. The van der Waals surface area contributed by atoms with E-state index in [1.807, 2.05) is 37.3 Å². The van der Waals surface area contributed by atoms with Crippen LogP contribution in [0.25, 0.3) is 11.0 Å². The van der Waals surface area contributed by atoms with Crippen LogP contribution in [0, 0.1) is 6.92 Å². The molecule has 1 N–H and O–H groups in total. The van der Waals surface area contributed by atoms with E-state index in [1.165, 1.54) is 5.56 Å². The number of nitrogens with one attached hydrogen (secondary N) is 1. The molecular weight excluding hydrogens is 458 g/mol. The van der Waals surface area contributed by atoms with Gasteiger partial charge in [0.25, 0.3) is 0 Å². The van der Waals surface area contributed by atoms with Gasteiger partial charge in [-0.1, -0.05) is 69.3 Å². The molecule has 37 heavy (non-hydrogen) atoms. The number of fused-ring (bicyclic) bond motifs is 1. The molecule has 1 aromatic heterocycles. The van der Waals surface area contributed by atoms with Crippen LogP contribution in [0.2, 0.25) is 0 Å². The van der Waals surface area contributed by atoms with Crippen LogP contribution in [0.15, 0.2) is 72.8 Å². The number of carbonyl (C=O) groups is 1. The summed E-state index contributed by atoms with van der Waals surface area (Å²) < 4.78 is 8.28. The molecule has 5 nitrogen and oxygen atoms in total. The van der Waals surface area contributed by atoms with Crippen LogP contribution in [-0.2, 0) is 29.6 Å². The number of unbranched alkanes of at least 4 members (excludes halogenated alkanes) is 1. The fraction of sp³-hybridized carbons (Fsp3) is 0.375. The van der Waals surface area contributed by atoms with E-state index in [1.54, 1.807) is 0 Å². The first-order chi connectivity index (χ1) is 17.8. The van der Waals surface area contributed by atoms with Crippen molar-refractivity contribution in [3.05, 3.63) is 95.3 Å². The number of para-hydroxylation sites is 2. The molecule has 0 saturated heterocycles. The number of nitrogens with zero attached hydrogens (tertiary/aromatic N) is 2. The van der Waals surface area contributed by atoms with E-state index >= 15 is 0 Å². The number of imidazole rings is 1. The van der Waals surface area contributed by atoms with E-state index in [9.17, 15) is 4.79 Å². The molecule has 4 rings (SSSR count). The van der Waals surface area contributed by atoms with Gasteiger partial charge in [-0.15, -0.1) is 0 Å². The van der Waals surface area contributed by atoms with Crippen LogP contribution in [0.3, 0.4) is 0 Å². The summed E-state index contributed by atoms with van der Waals surface area (Å²) in [5.41, 5.74) is 5.81. The Morgan fingerprint density at radius 3 is 2.43 bits per heavy atom. The number of hydrogen-bond acceptors (Lipinski definition) is 3. The molecule has 194 valence electrons. The van der Waals surface area contributed by atoms with Crippen molar-refractivity contribution in [1.82, 2.24) is 14.9 Å². The van der Waals surface area contributed by atoms with Crippen molar-refractivity contribution in [2.24, 2.45) is 0 Å². The summed E-state index contributed by atoms with van der Waals surface area (Å²) in [6, 6.07) is 24.7. The van der Waals surface area contributed by atoms with Crippen molar-refractivity contribution in [3.63, 3.8) is 0 Å². The lowest BCUT2D eigenvalue weighted by atomic mass is 9.87. The number of carbonyl (C=O) groups excluding carboxylic acids is 1. The number of aromatic nitrogens is 2. The summed E-state index contributed by atoms with van der Waals surface area (Å²) in [4.78, 5) is 17.4. The van der Waals surface area contributed by atoms with Gasteiger partial charge in [0.2, 0.25) is 5.91 Å². The Kier molecular flexibility index (Phi) is 8.65. The molecule has 0 aliphatic heterocycles. The van der Waals surface area contributed by atoms with Gasteiger partial charge in [-0.3, -0.25) is 4.79 Å². The fourth-order valence-electron chi connectivity index (χ4n) is 4.54. The molecule has 0 aliphatic rings. The Labute approximate surface area is 220 Å². The van der Waals surface area contributed by atoms with Gasteiger partial charge in [-0.2, -0.15) is 0 Å². The average molecular weight is 498 g/mol. The summed E-state index contributed by atoms with van der Waals surface area (Å²) >= 11 is 0. The first-order valence-electron chi connectivity index (χ1n) is 13.3. The van der Waals surface area contributed by atoms with Gasteiger partial charge in [-0.25, -0.2) is 4.98 Å². The van der Waals surface area contributed by atoms with Crippen LogP contribution in [0.1, 0.15) is 56.1 Å². The molecule has 0 fully saturated rings. The van der Waals surface area contributed by atoms with E-state index in [-0.39, 0.29) is 11.3 Å². The Bertz CT molecular complexity index is 1320.